The molecule has 0 bridgehead atoms. The van der Waals surface area contributed by atoms with Gasteiger partial charge in [-0.25, -0.2) is 4.98 Å². The van der Waals surface area contributed by atoms with E-state index in [-0.39, 0.29) is 5.91 Å². The minimum absolute atomic E-state index is 0.0259. The molecule has 0 spiro atoms. The van der Waals surface area contributed by atoms with Crippen molar-refractivity contribution >= 4 is 45.9 Å². The lowest BCUT2D eigenvalue weighted by atomic mass is 10.1. The second kappa shape index (κ2) is 7.36. The molecule has 1 amide bonds. The average Bonchev–Trinajstić information content (AvgIpc) is 3.09. The highest BCUT2D eigenvalue weighted by Crippen LogP contribution is 2.25. The van der Waals surface area contributed by atoms with E-state index in [0.29, 0.717) is 17.7 Å². The third-order valence-corrected chi connectivity index (χ3v) is 5.22. The number of benzene rings is 1. The number of rotatable bonds is 7. The van der Waals surface area contributed by atoms with Gasteiger partial charge in [0, 0.05) is 23.9 Å². The van der Waals surface area contributed by atoms with Crippen molar-refractivity contribution in [2.75, 3.05) is 26.2 Å². The third-order valence-electron chi connectivity index (χ3n) is 4.21. The second-order valence-electron chi connectivity index (χ2n) is 5.74. The van der Waals surface area contributed by atoms with Gasteiger partial charge in [-0.2, -0.15) is 0 Å². The van der Waals surface area contributed by atoms with Crippen molar-refractivity contribution < 1.29 is 4.79 Å². The van der Waals surface area contributed by atoms with Gasteiger partial charge in [-0.15, -0.1) is 0 Å². The largest absolute Gasteiger partial charge is 0.352 e. The number of hydrogen-bond acceptors (Lipinski definition) is 4. The minimum atomic E-state index is -0.0259. The summed E-state index contributed by atoms with van der Waals surface area (Å²) >= 11 is 1.54. The van der Waals surface area contributed by atoms with Crippen LogP contribution in [0.2, 0.25) is 0 Å². The van der Waals surface area contributed by atoms with Crippen LogP contribution in [-0.4, -0.2) is 54.2 Å². The van der Waals surface area contributed by atoms with Crippen LogP contribution in [0.1, 0.15) is 30.6 Å². The molecule has 0 atom stereocenters. The molecule has 2 aromatic heterocycles. The van der Waals surface area contributed by atoms with Crippen molar-refractivity contribution in [3.8, 4) is 0 Å². The van der Waals surface area contributed by atoms with Crippen LogP contribution in [0.25, 0.3) is 15.2 Å². The standard InChI is InChI=1S/C17H21BN4OS/c1-3-21(4-2)9-5-8-19-16(23)12-6-7-13-14(10-12)24-17-20-15(18)11-22(13)17/h6-7,10-11H,3-5,8-9H2,1-2H3,(H,19,23). The fourth-order valence-electron chi connectivity index (χ4n) is 2.81. The van der Waals surface area contributed by atoms with Gasteiger partial charge in [0.05, 0.1) is 10.2 Å². The van der Waals surface area contributed by atoms with E-state index in [4.69, 9.17) is 7.85 Å². The molecule has 1 N–H and O–H groups in total. The van der Waals surface area contributed by atoms with Crippen LogP contribution < -0.4 is 10.9 Å². The van der Waals surface area contributed by atoms with Crippen molar-refractivity contribution in [3.63, 3.8) is 0 Å². The van der Waals surface area contributed by atoms with Crippen molar-refractivity contribution in [2.24, 2.45) is 0 Å². The highest BCUT2D eigenvalue weighted by Gasteiger charge is 2.11. The molecule has 0 unspecified atom stereocenters. The lowest BCUT2D eigenvalue weighted by molar-refractivity contribution is 0.0952. The van der Waals surface area contributed by atoms with Crippen LogP contribution in [0.15, 0.2) is 24.4 Å². The molecule has 0 aliphatic heterocycles. The highest BCUT2D eigenvalue weighted by molar-refractivity contribution is 7.23. The van der Waals surface area contributed by atoms with Crippen LogP contribution in [-0.2, 0) is 0 Å². The number of amides is 1. The quantitative estimate of drug-likeness (QED) is 0.527. The summed E-state index contributed by atoms with van der Waals surface area (Å²) in [6.07, 6.45) is 2.77. The molecule has 0 aliphatic rings. The monoisotopic (exact) mass is 340 g/mol. The molecule has 3 aromatic rings. The zero-order valence-electron chi connectivity index (χ0n) is 14.1. The Labute approximate surface area is 147 Å². The fraction of sp³-hybridized carbons (Fsp3) is 0.412. The Morgan fingerprint density at radius 2 is 2.17 bits per heavy atom. The van der Waals surface area contributed by atoms with Gasteiger partial charge < -0.3 is 10.2 Å². The summed E-state index contributed by atoms with van der Waals surface area (Å²) in [5, 5.41) is 3.00. The Kier molecular flexibility index (Phi) is 5.21. The number of hydrogen-bond donors (Lipinski definition) is 1. The predicted octanol–water partition coefficient (Wildman–Crippen LogP) is 1.80. The first-order chi connectivity index (χ1) is 11.6. The van der Waals surface area contributed by atoms with E-state index in [1.807, 2.05) is 22.6 Å². The van der Waals surface area contributed by atoms with Gasteiger partial charge in [0.25, 0.3) is 5.91 Å². The van der Waals surface area contributed by atoms with Crippen molar-refractivity contribution in [2.45, 2.75) is 20.3 Å². The van der Waals surface area contributed by atoms with Crippen molar-refractivity contribution in [3.05, 3.63) is 30.0 Å². The van der Waals surface area contributed by atoms with Crippen LogP contribution >= 0.6 is 11.3 Å². The van der Waals surface area contributed by atoms with Gasteiger partial charge in [0.2, 0.25) is 0 Å². The van der Waals surface area contributed by atoms with Gasteiger partial charge in [-0.05, 0) is 44.3 Å². The van der Waals surface area contributed by atoms with Gasteiger partial charge in [-0.1, -0.05) is 25.2 Å². The van der Waals surface area contributed by atoms with E-state index >= 15 is 0 Å². The molecule has 1 aromatic carbocycles. The summed E-state index contributed by atoms with van der Waals surface area (Å²) in [7, 11) is 5.72. The molecular formula is C17H21BN4OS. The van der Waals surface area contributed by atoms with Crippen LogP contribution in [0.3, 0.4) is 0 Å². The number of carbonyl (C=O) groups is 1. The van der Waals surface area contributed by atoms with E-state index in [2.05, 4.69) is 29.0 Å². The van der Waals surface area contributed by atoms with Crippen LogP contribution in [0.5, 0.6) is 0 Å². The molecule has 0 saturated carbocycles. The number of carbonyl (C=O) groups excluding carboxylic acids is 1. The zero-order valence-corrected chi connectivity index (χ0v) is 14.9. The second-order valence-corrected chi connectivity index (χ2v) is 6.75. The Hall–Kier alpha value is -1.86. The van der Waals surface area contributed by atoms with Crippen LogP contribution in [0.4, 0.5) is 0 Å². The van der Waals surface area contributed by atoms with E-state index in [1.165, 1.54) is 11.3 Å². The summed E-state index contributed by atoms with van der Waals surface area (Å²) in [6, 6.07) is 5.72. The number of nitrogens with zero attached hydrogens (tertiary/aromatic N) is 3. The maximum atomic E-state index is 12.3. The number of fused-ring (bicyclic) bond motifs is 3. The minimum Gasteiger partial charge on any atom is -0.352 e. The van der Waals surface area contributed by atoms with Crippen molar-refractivity contribution in [1.29, 1.82) is 0 Å². The summed E-state index contributed by atoms with van der Waals surface area (Å²) in [5.41, 5.74) is 2.22. The number of nitrogens with one attached hydrogen (secondary N) is 1. The van der Waals surface area contributed by atoms with Gasteiger partial charge >= 0.3 is 0 Å². The van der Waals surface area contributed by atoms with E-state index in [9.17, 15) is 4.79 Å². The SMILES string of the molecule is [B]c1cn2c(n1)sc1cc(C(=O)NCCCN(CC)CC)ccc12. The first-order valence-corrected chi connectivity index (χ1v) is 9.11. The summed E-state index contributed by atoms with van der Waals surface area (Å²) < 4.78 is 2.99. The molecule has 124 valence electrons. The molecule has 0 saturated heterocycles. The van der Waals surface area contributed by atoms with Crippen molar-refractivity contribution in [1.82, 2.24) is 19.6 Å². The Morgan fingerprint density at radius 1 is 1.38 bits per heavy atom. The lowest BCUT2D eigenvalue weighted by Crippen LogP contribution is -2.29. The predicted molar refractivity (Wildman–Crippen MR) is 101 cm³/mol. The number of imidazole rings is 1. The first kappa shape index (κ1) is 17.0. The maximum absolute atomic E-state index is 12.3. The first-order valence-electron chi connectivity index (χ1n) is 8.30. The molecular weight excluding hydrogens is 319 g/mol. The zero-order chi connectivity index (χ0) is 17.1. The fourth-order valence-corrected chi connectivity index (χ4v) is 3.86. The third kappa shape index (κ3) is 3.47. The molecule has 7 heteroatoms. The lowest BCUT2D eigenvalue weighted by Gasteiger charge is -2.17. The van der Waals surface area contributed by atoms with E-state index in [0.717, 1.165) is 41.2 Å². The molecule has 0 aliphatic carbocycles. The molecule has 5 nitrogen and oxygen atoms in total. The normalized spacial score (nSPS) is 11.6. The van der Waals surface area contributed by atoms with Gasteiger partial charge in [-0.3, -0.25) is 9.20 Å². The molecule has 3 rings (SSSR count). The highest BCUT2D eigenvalue weighted by atomic mass is 32.1. The molecule has 2 heterocycles. The van der Waals surface area contributed by atoms with Crippen LogP contribution in [0, 0.1) is 0 Å². The number of thiazole rings is 1. The van der Waals surface area contributed by atoms with E-state index < -0.39 is 0 Å². The molecule has 0 fully saturated rings. The Bertz CT molecular complexity index is 853. The topological polar surface area (TPSA) is 49.6 Å². The average molecular weight is 340 g/mol. The number of aromatic nitrogens is 2. The van der Waals surface area contributed by atoms with E-state index in [1.54, 1.807) is 6.20 Å². The summed E-state index contributed by atoms with van der Waals surface area (Å²) in [5.74, 6) is -0.0259. The molecule has 24 heavy (non-hydrogen) atoms. The smallest absolute Gasteiger partial charge is 0.251 e. The summed E-state index contributed by atoms with van der Waals surface area (Å²) in [4.78, 5) is 19.8. The maximum Gasteiger partial charge on any atom is 0.251 e. The van der Waals surface area contributed by atoms with Gasteiger partial charge in [0.1, 0.15) is 7.85 Å². The van der Waals surface area contributed by atoms with Gasteiger partial charge in [0.15, 0.2) is 4.96 Å². The summed E-state index contributed by atoms with van der Waals surface area (Å²) in [6.45, 7) is 8.11. The Morgan fingerprint density at radius 3 is 2.92 bits per heavy atom. The molecule has 2 radical (unpaired) electrons. The Balaban J connectivity index is 1.64.